The number of amides is 2. The molecule has 5 nitrogen and oxygen atoms in total. The van der Waals surface area contributed by atoms with Crippen LogP contribution in [0.4, 0.5) is 4.79 Å². The average molecular weight is 260 g/mol. The number of thioether (sulfide) groups is 1. The summed E-state index contributed by atoms with van der Waals surface area (Å²) in [5.74, 6) is 0.294. The summed E-state index contributed by atoms with van der Waals surface area (Å²) in [6.07, 6.45) is 3.65. The van der Waals surface area contributed by atoms with E-state index in [1.54, 1.807) is 7.05 Å². The highest BCUT2D eigenvalue weighted by Crippen LogP contribution is 2.24. The number of aliphatic carboxylic acids is 1. The summed E-state index contributed by atoms with van der Waals surface area (Å²) in [4.78, 5) is 23.4. The maximum absolute atomic E-state index is 11.6. The Morgan fingerprint density at radius 1 is 1.47 bits per heavy atom. The summed E-state index contributed by atoms with van der Waals surface area (Å²) in [5, 5.41) is 11.9. The number of nitrogens with zero attached hydrogens (tertiary/aromatic N) is 1. The van der Waals surface area contributed by atoms with Crippen molar-refractivity contribution < 1.29 is 14.7 Å². The second-order valence-corrected chi connectivity index (χ2v) is 5.65. The fraction of sp³-hybridized carbons (Fsp3) is 0.818. The van der Waals surface area contributed by atoms with E-state index in [1.807, 2.05) is 11.8 Å². The van der Waals surface area contributed by atoms with Crippen LogP contribution in [-0.4, -0.2) is 53.1 Å². The van der Waals surface area contributed by atoms with Crippen LogP contribution in [0.2, 0.25) is 0 Å². The number of rotatable bonds is 5. The molecule has 1 saturated heterocycles. The number of nitrogens with one attached hydrogen (secondary N) is 1. The minimum Gasteiger partial charge on any atom is -0.481 e. The van der Waals surface area contributed by atoms with E-state index < -0.39 is 5.97 Å². The number of carboxylic acid groups (broad SMARTS) is 1. The van der Waals surface area contributed by atoms with Crippen molar-refractivity contribution >= 4 is 23.8 Å². The highest BCUT2D eigenvalue weighted by atomic mass is 32.2. The SMILES string of the molecule is CN(CCC(=O)O)C(=O)NCC1CCCCS1. The van der Waals surface area contributed by atoms with Crippen LogP contribution in [0.3, 0.4) is 0 Å². The lowest BCUT2D eigenvalue weighted by Gasteiger charge is -2.23. The monoisotopic (exact) mass is 260 g/mol. The minimum absolute atomic E-state index is 0.0118. The Morgan fingerprint density at radius 2 is 2.24 bits per heavy atom. The zero-order valence-corrected chi connectivity index (χ0v) is 11.0. The van der Waals surface area contributed by atoms with Crippen LogP contribution in [0.25, 0.3) is 0 Å². The Kier molecular flexibility index (Phi) is 6.18. The van der Waals surface area contributed by atoms with Crippen LogP contribution < -0.4 is 5.32 Å². The van der Waals surface area contributed by atoms with Gasteiger partial charge in [-0.2, -0.15) is 11.8 Å². The number of carbonyl (C=O) groups is 2. The van der Waals surface area contributed by atoms with Gasteiger partial charge >= 0.3 is 12.0 Å². The highest BCUT2D eigenvalue weighted by molar-refractivity contribution is 7.99. The maximum Gasteiger partial charge on any atom is 0.317 e. The molecule has 1 aliphatic heterocycles. The molecule has 0 bridgehead atoms. The normalized spacial score (nSPS) is 19.7. The number of carbonyl (C=O) groups excluding carboxylic acids is 1. The minimum atomic E-state index is -0.882. The fourth-order valence-electron chi connectivity index (χ4n) is 1.67. The molecule has 6 heteroatoms. The van der Waals surface area contributed by atoms with Crippen molar-refractivity contribution in [3.05, 3.63) is 0 Å². The van der Waals surface area contributed by atoms with Gasteiger partial charge < -0.3 is 15.3 Å². The van der Waals surface area contributed by atoms with Crippen LogP contribution in [0.5, 0.6) is 0 Å². The Bertz CT molecular complexity index is 267. The summed E-state index contributed by atoms with van der Waals surface area (Å²) in [6, 6.07) is -0.183. The molecule has 1 aliphatic rings. The van der Waals surface area contributed by atoms with E-state index in [1.165, 1.54) is 23.5 Å². The third kappa shape index (κ3) is 5.81. The molecule has 17 heavy (non-hydrogen) atoms. The molecule has 1 atom stereocenters. The molecular weight excluding hydrogens is 240 g/mol. The number of hydrogen-bond donors (Lipinski definition) is 2. The summed E-state index contributed by atoms with van der Waals surface area (Å²) in [6.45, 7) is 0.930. The van der Waals surface area contributed by atoms with Gasteiger partial charge in [-0.15, -0.1) is 0 Å². The maximum atomic E-state index is 11.6. The Labute approximate surface area is 106 Å². The predicted octanol–water partition coefficient (Wildman–Crippen LogP) is 1.39. The highest BCUT2D eigenvalue weighted by Gasteiger charge is 2.16. The molecule has 2 N–H and O–H groups in total. The standard InChI is InChI=1S/C11H20N2O3S/c1-13(6-5-10(14)15)11(16)12-8-9-4-2-3-7-17-9/h9H,2-8H2,1H3,(H,12,16)(H,14,15). The number of urea groups is 1. The molecule has 1 heterocycles. The van der Waals surface area contributed by atoms with Gasteiger partial charge in [0.25, 0.3) is 0 Å². The van der Waals surface area contributed by atoms with Gasteiger partial charge in [0.05, 0.1) is 6.42 Å². The van der Waals surface area contributed by atoms with Crippen LogP contribution in [-0.2, 0) is 4.79 Å². The molecule has 0 aromatic rings. The molecular formula is C11H20N2O3S. The summed E-state index contributed by atoms with van der Waals surface area (Å²) < 4.78 is 0. The van der Waals surface area contributed by atoms with E-state index in [2.05, 4.69) is 5.32 Å². The molecule has 0 radical (unpaired) electrons. The lowest BCUT2D eigenvalue weighted by atomic mass is 10.2. The number of carboxylic acids is 1. The largest absolute Gasteiger partial charge is 0.481 e. The van der Waals surface area contributed by atoms with Gasteiger partial charge in [-0.3, -0.25) is 4.79 Å². The molecule has 0 aliphatic carbocycles. The second kappa shape index (κ2) is 7.42. The van der Waals surface area contributed by atoms with Crippen molar-refractivity contribution in [3.63, 3.8) is 0 Å². The van der Waals surface area contributed by atoms with Gasteiger partial charge in [-0.1, -0.05) is 6.42 Å². The Balaban J connectivity index is 2.16. The van der Waals surface area contributed by atoms with Crippen molar-refractivity contribution in [3.8, 4) is 0 Å². The van der Waals surface area contributed by atoms with Gasteiger partial charge in [-0.25, -0.2) is 4.79 Å². The topological polar surface area (TPSA) is 69.6 Å². The Hall–Kier alpha value is -0.910. The molecule has 1 unspecified atom stereocenters. The fourth-order valence-corrected chi connectivity index (χ4v) is 2.91. The van der Waals surface area contributed by atoms with Gasteiger partial charge in [0.2, 0.25) is 0 Å². The first-order chi connectivity index (χ1) is 8.09. The summed E-state index contributed by atoms with van der Waals surface area (Å²) >= 11 is 1.91. The van der Waals surface area contributed by atoms with E-state index in [9.17, 15) is 9.59 Å². The molecule has 2 amide bonds. The zero-order valence-electron chi connectivity index (χ0n) is 10.1. The molecule has 0 saturated carbocycles. The van der Waals surface area contributed by atoms with Crippen molar-refractivity contribution in [2.75, 3.05) is 25.9 Å². The predicted molar refractivity (Wildman–Crippen MR) is 68.4 cm³/mol. The van der Waals surface area contributed by atoms with E-state index in [0.717, 1.165) is 6.42 Å². The lowest BCUT2D eigenvalue weighted by Crippen LogP contribution is -2.41. The smallest absolute Gasteiger partial charge is 0.317 e. The van der Waals surface area contributed by atoms with Crippen molar-refractivity contribution in [1.82, 2.24) is 10.2 Å². The third-order valence-corrected chi connectivity index (χ3v) is 4.16. The van der Waals surface area contributed by atoms with Crippen LogP contribution in [0, 0.1) is 0 Å². The molecule has 0 aromatic carbocycles. The Morgan fingerprint density at radius 3 is 2.82 bits per heavy atom. The van der Waals surface area contributed by atoms with Crippen LogP contribution in [0.15, 0.2) is 0 Å². The second-order valence-electron chi connectivity index (χ2n) is 4.24. The zero-order chi connectivity index (χ0) is 12.7. The lowest BCUT2D eigenvalue weighted by molar-refractivity contribution is -0.137. The van der Waals surface area contributed by atoms with Crippen LogP contribution >= 0.6 is 11.8 Å². The quantitative estimate of drug-likeness (QED) is 0.783. The number of hydrogen-bond acceptors (Lipinski definition) is 3. The molecule has 98 valence electrons. The average Bonchev–Trinajstić information content (AvgIpc) is 2.34. The van der Waals surface area contributed by atoms with Crippen molar-refractivity contribution in [2.24, 2.45) is 0 Å². The van der Waals surface area contributed by atoms with Crippen molar-refractivity contribution in [1.29, 1.82) is 0 Å². The van der Waals surface area contributed by atoms with Gasteiger partial charge in [0.1, 0.15) is 0 Å². The van der Waals surface area contributed by atoms with Crippen LogP contribution in [0.1, 0.15) is 25.7 Å². The van der Waals surface area contributed by atoms with E-state index in [0.29, 0.717) is 11.8 Å². The van der Waals surface area contributed by atoms with E-state index in [-0.39, 0.29) is 19.0 Å². The first kappa shape index (κ1) is 14.2. The third-order valence-electron chi connectivity index (χ3n) is 2.76. The molecule has 1 rings (SSSR count). The van der Waals surface area contributed by atoms with Gasteiger partial charge in [0, 0.05) is 25.4 Å². The van der Waals surface area contributed by atoms with Crippen molar-refractivity contribution in [2.45, 2.75) is 30.9 Å². The van der Waals surface area contributed by atoms with Gasteiger partial charge in [-0.05, 0) is 18.6 Å². The first-order valence-corrected chi connectivity index (χ1v) is 6.97. The van der Waals surface area contributed by atoms with E-state index >= 15 is 0 Å². The summed E-state index contributed by atoms with van der Waals surface area (Å²) in [7, 11) is 1.62. The first-order valence-electron chi connectivity index (χ1n) is 5.92. The summed E-state index contributed by atoms with van der Waals surface area (Å²) in [5.41, 5.74) is 0. The van der Waals surface area contributed by atoms with E-state index in [4.69, 9.17) is 5.11 Å². The molecule has 0 aromatic heterocycles. The molecule has 0 spiro atoms. The van der Waals surface area contributed by atoms with Gasteiger partial charge in [0.15, 0.2) is 0 Å². The molecule has 1 fully saturated rings.